The summed E-state index contributed by atoms with van der Waals surface area (Å²) in [6.45, 7) is 0. The highest BCUT2D eigenvalue weighted by Gasteiger charge is 2.11. The largest absolute Gasteiger partial charge is 0.389 e. The summed E-state index contributed by atoms with van der Waals surface area (Å²) in [6, 6.07) is 9.05. The van der Waals surface area contributed by atoms with Crippen LogP contribution in [0.3, 0.4) is 0 Å². The van der Waals surface area contributed by atoms with Crippen LogP contribution in [-0.2, 0) is 0 Å². The van der Waals surface area contributed by atoms with Gasteiger partial charge in [0.25, 0.3) is 0 Å². The van der Waals surface area contributed by atoms with Gasteiger partial charge in [0.2, 0.25) is 0 Å². The van der Waals surface area contributed by atoms with Crippen molar-refractivity contribution in [3.8, 4) is 0 Å². The first kappa shape index (κ1) is 13.9. The lowest BCUT2D eigenvalue weighted by Gasteiger charge is -2.12. The Morgan fingerprint density at radius 3 is 2.58 bits per heavy atom. The van der Waals surface area contributed by atoms with E-state index in [-0.39, 0.29) is 10.7 Å². The maximum atomic E-state index is 13.6. The second-order valence-corrected chi connectivity index (χ2v) is 5.14. The minimum atomic E-state index is -0.945. The highest BCUT2D eigenvalue weighted by molar-refractivity contribution is 9.10. The van der Waals surface area contributed by atoms with Crippen LogP contribution in [0.1, 0.15) is 5.56 Å². The number of hydrogen-bond donors (Lipinski definition) is 2. The summed E-state index contributed by atoms with van der Waals surface area (Å²) in [5.41, 5.74) is 6.70. The van der Waals surface area contributed by atoms with Crippen LogP contribution in [0.4, 0.5) is 20.2 Å². The molecule has 19 heavy (non-hydrogen) atoms. The van der Waals surface area contributed by atoms with E-state index in [1.165, 1.54) is 12.1 Å². The van der Waals surface area contributed by atoms with Crippen LogP contribution >= 0.6 is 28.1 Å². The van der Waals surface area contributed by atoms with Gasteiger partial charge in [-0.1, -0.05) is 34.2 Å². The molecule has 0 spiro atoms. The van der Waals surface area contributed by atoms with Gasteiger partial charge in [0.15, 0.2) is 11.6 Å². The molecule has 0 aromatic heterocycles. The first-order valence-electron chi connectivity index (χ1n) is 5.29. The maximum Gasteiger partial charge on any atom is 0.182 e. The number of rotatable bonds is 3. The summed E-state index contributed by atoms with van der Waals surface area (Å²) < 4.78 is 27.5. The Hall–Kier alpha value is -1.53. The van der Waals surface area contributed by atoms with E-state index in [9.17, 15) is 8.78 Å². The molecule has 0 aliphatic rings. The highest BCUT2D eigenvalue weighted by atomic mass is 79.9. The lowest BCUT2D eigenvalue weighted by Crippen LogP contribution is -2.12. The third kappa shape index (κ3) is 3.08. The standard InChI is InChI=1S/C13H9BrF2N2S/c14-7-4-5-10(8(6-7)13(17)19)18-11-3-1-2-9(15)12(11)16/h1-6,18H,(H2,17,19). The summed E-state index contributed by atoms with van der Waals surface area (Å²) in [4.78, 5) is 0.167. The normalized spacial score (nSPS) is 10.3. The van der Waals surface area contributed by atoms with Crippen LogP contribution in [0.5, 0.6) is 0 Å². The molecule has 0 unspecified atom stereocenters. The topological polar surface area (TPSA) is 38.0 Å². The van der Waals surface area contributed by atoms with Gasteiger partial charge >= 0.3 is 0 Å². The maximum absolute atomic E-state index is 13.6. The van der Waals surface area contributed by atoms with Gasteiger partial charge in [-0.3, -0.25) is 0 Å². The minimum Gasteiger partial charge on any atom is -0.389 e. The van der Waals surface area contributed by atoms with E-state index >= 15 is 0 Å². The molecule has 0 aliphatic heterocycles. The van der Waals surface area contributed by atoms with Crippen molar-refractivity contribution >= 4 is 44.5 Å². The number of hydrogen-bond acceptors (Lipinski definition) is 2. The van der Waals surface area contributed by atoms with E-state index in [0.717, 1.165) is 10.5 Å². The Labute approximate surface area is 122 Å². The minimum absolute atomic E-state index is 0.0276. The fraction of sp³-hybridized carbons (Fsp3) is 0. The number of halogens is 3. The molecule has 2 nitrogen and oxygen atoms in total. The van der Waals surface area contributed by atoms with Crippen LogP contribution in [0.2, 0.25) is 0 Å². The number of anilines is 2. The number of nitrogens with two attached hydrogens (primary N) is 1. The molecule has 0 fully saturated rings. The molecule has 2 aromatic carbocycles. The molecule has 2 aromatic rings. The van der Waals surface area contributed by atoms with Crippen LogP contribution in [0.25, 0.3) is 0 Å². The molecular weight excluding hydrogens is 334 g/mol. The van der Waals surface area contributed by atoms with E-state index in [0.29, 0.717) is 11.3 Å². The summed E-state index contributed by atoms with van der Waals surface area (Å²) >= 11 is 8.23. The van der Waals surface area contributed by atoms with Gasteiger partial charge in [0.1, 0.15) is 4.99 Å². The van der Waals surface area contributed by atoms with Gasteiger partial charge in [-0.15, -0.1) is 0 Å². The second kappa shape index (κ2) is 5.63. The van der Waals surface area contributed by atoms with Crippen molar-refractivity contribution in [2.75, 3.05) is 5.32 Å². The molecule has 0 saturated heterocycles. The van der Waals surface area contributed by atoms with Crippen molar-refractivity contribution in [3.63, 3.8) is 0 Å². The number of thiocarbonyl (C=S) groups is 1. The molecule has 0 aliphatic carbocycles. The predicted octanol–water partition coefficient (Wildman–Crippen LogP) is 4.11. The monoisotopic (exact) mass is 342 g/mol. The fourth-order valence-electron chi connectivity index (χ4n) is 1.57. The number of nitrogens with one attached hydrogen (secondary N) is 1. The molecule has 0 heterocycles. The molecular formula is C13H9BrF2N2S. The molecule has 0 bridgehead atoms. The number of benzene rings is 2. The third-order valence-electron chi connectivity index (χ3n) is 2.47. The zero-order valence-corrected chi connectivity index (χ0v) is 12.0. The van der Waals surface area contributed by atoms with Gasteiger partial charge in [0.05, 0.1) is 5.69 Å². The molecule has 0 amide bonds. The van der Waals surface area contributed by atoms with Crippen LogP contribution < -0.4 is 11.1 Å². The molecule has 3 N–H and O–H groups in total. The molecule has 0 saturated carbocycles. The Morgan fingerprint density at radius 2 is 1.89 bits per heavy atom. The molecule has 0 radical (unpaired) electrons. The summed E-state index contributed by atoms with van der Waals surface area (Å²) in [7, 11) is 0. The quantitative estimate of drug-likeness (QED) is 0.824. The Morgan fingerprint density at radius 1 is 1.16 bits per heavy atom. The predicted molar refractivity (Wildman–Crippen MR) is 79.7 cm³/mol. The van der Waals surface area contributed by atoms with Crippen molar-refractivity contribution in [1.29, 1.82) is 0 Å². The van der Waals surface area contributed by atoms with Gasteiger partial charge in [-0.2, -0.15) is 0 Å². The lowest BCUT2D eigenvalue weighted by atomic mass is 10.1. The van der Waals surface area contributed by atoms with Crippen molar-refractivity contribution < 1.29 is 8.78 Å². The SMILES string of the molecule is NC(=S)c1cc(Br)ccc1Nc1cccc(F)c1F. The van der Waals surface area contributed by atoms with Crippen LogP contribution in [-0.4, -0.2) is 4.99 Å². The van der Waals surface area contributed by atoms with E-state index in [4.69, 9.17) is 18.0 Å². The third-order valence-corrected chi connectivity index (χ3v) is 3.18. The van der Waals surface area contributed by atoms with E-state index in [2.05, 4.69) is 21.2 Å². The van der Waals surface area contributed by atoms with Crippen LogP contribution in [0.15, 0.2) is 40.9 Å². The summed E-state index contributed by atoms with van der Waals surface area (Å²) in [6.07, 6.45) is 0. The van der Waals surface area contributed by atoms with Gasteiger partial charge < -0.3 is 11.1 Å². The van der Waals surface area contributed by atoms with Crippen molar-refractivity contribution in [3.05, 3.63) is 58.1 Å². The molecule has 6 heteroatoms. The van der Waals surface area contributed by atoms with Gasteiger partial charge in [-0.25, -0.2) is 8.78 Å². The van der Waals surface area contributed by atoms with E-state index in [1.807, 2.05) is 0 Å². The van der Waals surface area contributed by atoms with Crippen molar-refractivity contribution in [2.24, 2.45) is 5.73 Å². The lowest BCUT2D eigenvalue weighted by molar-refractivity contribution is 0.512. The van der Waals surface area contributed by atoms with Gasteiger partial charge in [-0.05, 0) is 30.3 Å². The second-order valence-electron chi connectivity index (χ2n) is 3.78. The Bertz CT molecular complexity index is 647. The van der Waals surface area contributed by atoms with Crippen molar-refractivity contribution in [2.45, 2.75) is 0 Å². The van der Waals surface area contributed by atoms with Crippen LogP contribution in [0, 0.1) is 11.6 Å². The van der Waals surface area contributed by atoms with Gasteiger partial charge in [0, 0.05) is 15.7 Å². The molecule has 0 atom stereocenters. The Balaban J connectivity index is 2.44. The van der Waals surface area contributed by atoms with Crippen molar-refractivity contribution in [1.82, 2.24) is 0 Å². The highest BCUT2D eigenvalue weighted by Crippen LogP contribution is 2.26. The molecule has 98 valence electrons. The zero-order chi connectivity index (χ0) is 14.0. The average Bonchev–Trinajstić information content (AvgIpc) is 2.36. The van der Waals surface area contributed by atoms with E-state index < -0.39 is 11.6 Å². The Kier molecular flexibility index (Phi) is 4.11. The zero-order valence-electron chi connectivity index (χ0n) is 9.58. The molecule has 2 rings (SSSR count). The first-order valence-corrected chi connectivity index (χ1v) is 6.49. The summed E-state index contributed by atoms with van der Waals surface area (Å²) in [5.74, 6) is -1.86. The smallest absolute Gasteiger partial charge is 0.182 e. The average molecular weight is 343 g/mol. The summed E-state index contributed by atoms with van der Waals surface area (Å²) in [5, 5.41) is 2.79. The first-order chi connectivity index (χ1) is 8.99. The fourth-order valence-corrected chi connectivity index (χ4v) is 2.10. The van der Waals surface area contributed by atoms with E-state index in [1.54, 1.807) is 18.2 Å².